The zero-order chi connectivity index (χ0) is 11.1. The molecule has 0 radical (unpaired) electrons. The van der Waals surface area contributed by atoms with Crippen molar-refractivity contribution in [3.8, 4) is 0 Å². The summed E-state index contributed by atoms with van der Waals surface area (Å²) in [5.41, 5.74) is 1.21. The molecule has 1 heterocycles. The van der Waals surface area contributed by atoms with Crippen molar-refractivity contribution in [2.45, 2.75) is 57.9 Å². The highest BCUT2D eigenvalue weighted by Crippen LogP contribution is 2.13. The highest BCUT2D eigenvalue weighted by atomic mass is 35.5. The average Bonchev–Trinajstić information content (AvgIpc) is 2.64. The summed E-state index contributed by atoms with van der Waals surface area (Å²) < 4.78 is 1.98. The number of rotatable bonds is 7. The lowest BCUT2D eigenvalue weighted by atomic mass is 10.1. The van der Waals surface area contributed by atoms with Crippen molar-refractivity contribution in [1.82, 2.24) is 15.0 Å². The molecular formula is C11H20ClN3. The largest absolute Gasteiger partial charge is 0.249 e. The predicted octanol–water partition coefficient (Wildman–Crippen LogP) is 3.03. The summed E-state index contributed by atoms with van der Waals surface area (Å²) in [6.45, 7) is 5.27. The molecule has 0 aliphatic rings. The van der Waals surface area contributed by atoms with Crippen molar-refractivity contribution in [2.24, 2.45) is 0 Å². The molecular weight excluding hydrogens is 210 g/mol. The van der Waals surface area contributed by atoms with Crippen LogP contribution in [0.4, 0.5) is 0 Å². The Balaban J connectivity index is 2.39. The van der Waals surface area contributed by atoms with E-state index in [4.69, 9.17) is 11.6 Å². The van der Waals surface area contributed by atoms with Crippen molar-refractivity contribution in [2.75, 3.05) is 0 Å². The molecule has 15 heavy (non-hydrogen) atoms. The Bertz CT molecular complexity index is 273. The van der Waals surface area contributed by atoms with Crippen molar-refractivity contribution < 1.29 is 0 Å². The van der Waals surface area contributed by atoms with Gasteiger partial charge < -0.3 is 0 Å². The van der Waals surface area contributed by atoms with Crippen LogP contribution in [0.2, 0.25) is 0 Å². The van der Waals surface area contributed by atoms with E-state index in [1.54, 1.807) is 0 Å². The molecule has 0 fully saturated rings. The first-order chi connectivity index (χ1) is 7.27. The van der Waals surface area contributed by atoms with Crippen LogP contribution >= 0.6 is 11.6 Å². The third-order valence-electron chi connectivity index (χ3n) is 2.45. The van der Waals surface area contributed by atoms with Gasteiger partial charge in [0.2, 0.25) is 0 Å². The fourth-order valence-electron chi connectivity index (χ4n) is 1.63. The summed E-state index contributed by atoms with van der Waals surface area (Å²) in [6.07, 6.45) is 7.20. The molecule has 0 aromatic carbocycles. The molecule has 1 aromatic rings. The van der Waals surface area contributed by atoms with Gasteiger partial charge in [0.1, 0.15) is 0 Å². The first-order valence-corrected chi connectivity index (χ1v) is 6.23. The van der Waals surface area contributed by atoms with E-state index in [9.17, 15) is 0 Å². The fourth-order valence-corrected chi connectivity index (χ4v) is 1.96. The first-order valence-electron chi connectivity index (χ1n) is 5.79. The van der Waals surface area contributed by atoms with Gasteiger partial charge in [-0.3, -0.25) is 0 Å². The zero-order valence-corrected chi connectivity index (χ0v) is 10.4. The van der Waals surface area contributed by atoms with Crippen LogP contribution in [0.5, 0.6) is 0 Å². The van der Waals surface area contributed by atoms with Gasteiger partial charge in [0.25, 0.3) is 0 Å². The molecule has 0 amide bonds. The third kappa shape index (κ3) is 4.20. The van der Waals surface area contributed by atoms with Crippen LogP contribution in [0.1, 0.15) is 45.2 Å². The summed E-state index contributed by atoms with van der Waals surface area (Å²) in [7, 11) is 0. The van der Waals surface area contributed by atoms with Crippen molar-refractivity contribution in [3.63, 3.8) is 0 Å². The average molecular weight is 230 g/mol. The quantitative estimate of drug-likeness (QED) is 0.673. The van der Waals surface area contributed by atoms with E-state index in [0.29, 0.717) is 5.38 Å². The maximum Gasteiger partial charge on any atom is 0.0725 e. The maximum atomic E-state index is 6.18. The number of hydrogen-bond acceptors (Lipinski definition) is 2. The molecule has 1 rings (SSSR count). The number of nitrogens with zero attached hydrogens (tertiary/aromatic N) is 3. The van der Waals surface area contributed by atoms with E-state index in [1.165, 1.54) is 5.69 Å². The van der Waals surface area contributed by atoms with Crippen molar-refractivity contribution in [1.29, 1.82) is 0 Å². The van der Waals surface area contributed by atoms with E-state index in [2.05, 4.69) is 24.2 Å². The van der Waals surface area contributed by atoms with Crippen LogP contribution in [-0.2, 0) is 13.0 Å². The van der Waals surface area contributed by atoms with E-state index in [-0.39, 0.29) is 0 Å². The van der Waals surface area contributed by atoms with Crippen LogP contribution in [0.3, 0.4) is 0 Å². The van der Waals surface area contributed by atoms with Crippen molar-refractivity contribution >= 4 is 11.6 Å². The van der Waals surface area contributed by atoms with Gasteiger partial charge >= 0.3 is 0 Å². The molecule has 0 aliphatic heterocycles. The minimum atomic E-state index is 0.292. The molecule has 86 valence electrons. The lowest BCUT2D eigenvalue weighted by Crippen LogP contribution is -2.07. The molecule has 0 N–H and O–H groups in total. The van der Waals surface area contributed by atoms with Crippen LogP contribution in [0.25, 0.3) is 0 Å². The predicted molar refractivity (Wildman–Crippen MR) is 63.2 cm³/mol. The second kappa shape index (κ2) is 6.83. The van der Waals surface area contributed by atoms with Gasteiger partial charge in [-0.15, -0.1) is 16.7 Å². The molecule has 1 atom stereocenters. The summed E-state index contributed by atoms with van der Waals surface area (Å²) in [5.74, 6) is 0. The second-order valence-electron chi connectivity index (χ2n) is 3.87. The number of alkyl halides is 1. The standard InChI is InChI=1S/C11H20ClN3/c1-3-5-10(12)6-7-11-9-13-14-15(11)8-4-2/h9-10H,3-8H2,1-2H3. The third-order valence-corrected chi connectivity index (χ3v) is 2.89. The van der Waals surface area contributed by atoms with Gasteiger partial charge in [0.15, 0.2) is 0 Å². The normalized spacial score (nSPS) is 13.0. The minimum Gasteiger partial charge on any atom is -0.249 e. The Morgan fingerprint density at radius 1 is 1.33 bits per heavy atom. The highest BCUT2D eigenvalue weighted by Gasteiger charge is 2.07. The first kappa shape index (κ1) is 12.5. The summed E-state index contributed by atoms with van der Waals surface area (Å²) in [6, 6.07) is 0. The summed E-state index contributed by atoms with van der Waals surface area (Å²) in [5, 5.41) is 8.28. The Hall–Kier alpha value is -0.570. The lowest BCUT2D eigenvalue weighted by molar-refractivity contribution is 0.544. The van der Waals surface area contributed by atoms with Gasteiger partial charge in [-0.2, -0.15) is 0 Å². The van der Waals surface area contributed by atoms with E-state index in [0.717, 1.165) is 38.6 Å². The summed E-state index contributed by atoms with van der Waals surface area (Å²) in [4.78, 5) is 0. The SMILES string of the molecule is CCCC(Cl)CCc1cnnn1CCC. The van der Waals surface area contributed by atoms with Gasteiger partial charge in [-0.05, 0) is 25.7 Å². The topological polar surface area (TPSA) is 30.7 Å². The summed E-state index contributed by atoms with van der Waals surface area (Å²) >= 11 is 6.18. The molecule has 0 bridgehead atoms. The second-order valence-corrected chi connectivity index (χ2v) is 4.49. The number of halogens is 1. The van der Waals surface area contributed by atoms with E-state index >= 15 is 0 Å². The zero-order valence-electron chi connectivity index (χ0n) is 9.62. The smallest absolute Gasteiger partial charge is 0.0725 e. The number of aromatic nitrogens is 3. The van der Waals surface area contributed by atoms with Crippen molar-refractivity contribution in [3.05, 3.63) is 11.9 Å². The van der Waals surface area contributed by atoms with Gasteiger partial charge in [0, 0.05) is 11.9 Å². The van der Waals surface area contributed by atoms with Gasteiger partial charge in [-0.25, -0.2) is 4.68 Å². The highest BCUT2D eigenvalue weighted by molar-refractivity contribution is 6.20. The monoisotopic (exact) mass is 229 g/mol. The van der Waals surface area contributed by atoms with E-state index < -0.39 is 0 Å². The van der Waals surface area contributed by atoms with Crippen LogP contribution in [0, 0.1) is 0 Å². The molecule has 1 aromatic heterocycles. The molecule has 3 nitrogen and oxygen atoms in total. The molecule has 0 saturated heterocycles. The van der Waals surface area contributed by atoms with E-state index in [1.807, 2.05) is 10.9 Å². The lowest BCUT2D eigenvalue weighted by Gasteiger charge is -2.08. The van der Waals surface area contributed by atoms with Crippen LogP contribution < -0.4 is 0 Å². The molecule has 0 saturated carbocycles. The van der Waals surface area contributed by atoms with Crippen LogP contribution in [0.15, 0.2) is 6.20 Å². The number of hydrogen-bond donors (Lipinski definition) is 0. The molecule has 1 unspecified atom stereocenters. The van der Waals surface area contributed by atoms with Crippen LogP contribution in [-0.4, -0.2) is 20.4 Å². The Morgan fingerprint density at radius 2 is 2.13 bits per heavy atom. The molecule has 0 spiro atoms. The Kier molecular flexibility index (Phi) is 5.69. The molecule has 4 heteroatoms. The van der Waals surface area contributed by atoms with Gasteiger partial charge in [0.05, 0.1) is 11.9 Å². The maximum absolute atomic E-state index is 6.18. The fraction of sp³-hybridized carbons (Fsp3) is 0.818. The Labute approximate surface area is 96.8 Å². The minimum absolute atomic E-state index is 0.292. The number of aryl methyl sites for hydroxylation is 2. The molecule has 0 aliphatic carbocycles. The Morgan fingerprint density at radius 3 is 2.80 bits per heavy atom. The van der Waals surface area contributed by atoms with Gasteiger partial charge in [-0.1, -0.05) is 25.5 Å².